The molecule has 8 heteroatoms. The molecule has 1 aliphatic rings. The lowest BCUT2D eigenvalue weighted by Gasteiger charge is -2.23. The lowest BCUT2D eigenvalue weighted by atomic mass is 10.1. The van der Waals surface area contributed by atoms with Gasteiger partial charge in [-0.1, -0.05) is 6.08 Å². The van der Waals surface area contributed by atoms with E-state index in [0.29, 0.717) is 17.5 Å². The minimum atomic E-state index is -0.0234. The average Bonchev–Trinajstić information content (AvgIpc) is 3.23. The second-order valence-electron chi connectivity index (χ2n) is 7.14. The van der Waals surface area contributed by atoms with Crippen LogP contribution in [0.15, 0.2) is 24.3 Å². The first kappa shape index (κ1) is 19.0. The van der Waals surface area contributed by atoms with E-state index < -0.39 is 0 Å². The quantitative estimate of drug-likeness (QED) is 0.760. The number of nitrogens with zero attached hydrogens (tertiary/aromatic N) is 5. The SMILES string of the molecule is Cc1nc(Nc2cc(C)[nH]n2)cc([C@H]2CCCN2C(=O)/C=C/CN(C)C)n1. The van der Waals surface area contributed by atoms with E-state index in [-0.39, 0.29) is 11.9 Å². The highest BCUT2D eigenvalue weighted by atomic mass is 16.2. The molecule has 2 aromatic heterocycles. The van der Waals surface area contributed by atoms with E-state index in [9.17, 15) is 4.79 Å². The number of aromatic nitrogens is 4. The number of hydrogen-bond donors (Lipinski definition) is 2. The number of likely N-dealkylation sites (tertiary alicyclic amines) is 1. The second kappa shape index (κ2) is 8.30. The fraction of sp³-hybridized carbons (Fsp3) is 0.474. The Balaban J connectivity index is 1.77. The number of aryl methyl sites for hydroxylation is 2. The lowest BCUT2D eigenvalue weighted by molar-refractivity contribution is -0.127. The highest BCUT2D eigenvalue weighted by Crippen LogP contribution is 2.32. The van der Waals surface area contributed by atoms with Crippen LogP contribution in [0.5, 0.6) is 0 Å². The van der Waals surface area contributed by atoms with Crippen LogP contribution in [0.3, 0.4) is 0 Å². The van der Waals surface area contributed by atoms with Gasteiger partial charge in [0, 0.05) is 37.0 Å². The molecule has 0 unspecified atom stereocenters. The first-order valence-electron chi connectivity index (χ1n) is 9.19. The molecule has 27 heavy (non-hydrogen) atoms. The van der Waals surface area contributed by atoms with Crippen LogP contribution in [0.2, 0.25) is 0 Å². The van der Waals surface area contributed by atoms with Crippen molar-refractivity contribution in [3.63, 3.8) is 0 Å². The van der Waals surface area contributed by atoms with Gasteiger partial charge >= 0.3 is 0 Å². The van der Waals surface area contributed by atoms with Gasteiger partial charge in [-0.3, -0.25) is 9.89 Å². The van der Waals surface area contributed by atoms with Crippen molar-refractivity contribution in [3.05, 3.63) is 41.5 Å². The maximum Gasteiger partial charge on any atom is 0.246 e. The Bertz CT molecular complexity index is 827. The highest BCUT2D eigenvalue weighted by molar-refractivity contribution is 5.88. The predicted molar refractivity (Wildman–Crippen MR) is 105 cm³/mol. The lowest BCUT2D eigenvalue weighted by Crippen LogP contribution is -2.30. The minimum absolute atomic E-state index is 0.0234. The maximum atomic E-state index is 12.6. The molecule has 1 aliphatic heterocycles. The number of likely N-dealkylation sites (N-methyl/N-ethyl adjacent to an activating group) is 1. The summed E-state index contributed by atoms with van der Waals surface area (Å²) >= 11 is 0. The molecule has 144 valence electrons. The number of carbonyl (C=O) groups excluding carboxylic acids is 1. The van der Waals surface area contributed by atoms with Crippen molar-refractivity contribution < 1.29 is 4.79 Å². The Morgan fingerprint density at radius 3 is 2.85 bits per heavy atom. The molecule has 0 radical (unpaired) electrons. The van der Waals surface area contributed by atoms with Crippen LogP contribution in [-0.2, 0) is 4.79 Å². The number of anilines is 2. The van der Waals surface area contributed by atoms with Gasteiger partial charge in [0.1, 0.15) is 11.6 Å². The Labute approximate surface area is 159 Å². The molecule has 1 amide bonds. The highest BCUT2D eigenvalue weighted by Gasteiger charge is 2.30. The van der Waals surface area contributed by atoms with Crippen LogP contribution in [0.4, 0.5) is 11.6 Å². The zero-order valence-corrected chi connectivity index (χ0v) is 16.4. The first-order valence-corrected chi connectivity index (χ1v) is 9.19. The van der Waals surface area contributed by atoms with Crippen LogP contribution in [-0.4, -0.2) is 63.1 Å². The molecule has 3 heterocycles. The van der Waals surface area contributed by atoms with E-state index in [1.165, 1.54) is 0 Å². The average molecular weight is 369 g/mol. The van der Waals surface area contributed by atoms with Crippen LogP contribution in [0, 0.1) is 13.8 Å². The van der Waals surface area contributed by atoms with Gasteiger partial charge in [0.05, 0.1) is 11.7 Å². The zero-order chi connectivity index (χ0) is 19.4. The third-order valence-electron chi connectivity index (χ3n) is 4.43. The number of carbonyl (C=O) groups is 1. The molecular formula is C19H27N7O. The van der Waals surface area contributed by atoms with Gasteiger partial charge in [0.25, 0.3) is 0 Å². The first-order chi connectivity index (χ1) is 12.9. The summed E-state index contributed by atoms with van der Waals surface area (Å²) in [6, 6.07) is 3.80. The fourth-order valence-corrected chi connectivity index (χ4v) is 3.24. The summed E-state index contributed by atoms with van der Waals surface area (Å²) in [5, 5.41) is 10.3. The molecule has 0 bridgehead atoms. The van der Waals surface area contributed by atoms with Gasteiger partial charge in [0.2, 0.25) is 5.91 Å². The largest absolute Gasteiger partial charge is 0.331 e. The Morgan fingerprint density at radius 1 is 1.33 bits per heavy atom. The number of amides is 1. The minimum Gasteiger partial charge on any atom is -0.331 e. The molecule has 2 N–H and O–H groups in total. The molecular weight excluding hydrogens is 342 g/mol. The molecule has 3 rings (SSSR count). The summed E-state index contributed by atoms with van der Waals surface area (Å²) < 4.78 is 0. The Morgan fingerprint density at radius 2 is 2.15 bits per heavy atom. The van der Waals surface area contributed by atoms with Gasteiger partial charge < -0.3 is 15.1 Å². The standard InChI is InChI=1S/C19H27N7O/c1-13-11-18(24-23-13)22-17-12-15(20-14(2)21-17)16-7-5-10-26(16)19(27)8-6-9-25(3)4/h6,8,11-12,16H,5,7,9-10H2,1-4H3,(H2,20,21,22,23,24)/b8-6+/t16-/m1/s1. The van der Waals surface area contributed by atoms with Crippen molar-refractivity contribution in [1.29, 1.82) is 0 Å². The molecule has 1 saturated heterocycles. The van der Waals surface area contributed by atoms with Crippen LogP contribution >= 0.6 is 0 Å². The predicted octanol–water partition coefficient (Wildman–Crippen LogP) is 2.34. The number of hydrogen-bond acceptors (Lipinski definition) is 6. The van der Waals surface area contributed by atoms with Crippen LogP contribution < -0.4 is 5.32 Å². The molecule has 2 aromatic rings. The van der Waals surface area contributed by atoms with E-state index in [0.717, 1.165) is 37.3 Å². The Kier molecular flexibility index (Phi) is 5.85. The normalized spacial score (nSPS) is 17.2. The number of rotatable bonds is 6. The number of H-pyrrole nitrogens is 1. The van der Waals surface area contributed by atoms with Crippen molar-refractivity contribution in [2.45, 2.75) is 32.7 Å². The van der Waals surface area contributed by atoms with Crippen molar-refractivity contribution in [3.8, 4) is 0 Å². The molecule has 1 fully saturated rings. The Hall–Kier alpha value is -2.74. The summed E-state index contributed by atoms with van der Waals surface area (Å²) in [6.07, 6.45) is 5.45. The molecule has 1 atom stereocenters. The molecule has 0 saturated carbocycles. The number of nitrogens with one attached hydrogen (secondary N) is 2. The van der Waals surface area contributed by atoms with Crippen molar-refractivity contribution >= 4 is 17.5 Å². The zero-order valence-electron chi connectivity index (χ0n) is 16.4. The summed E-state index contributed by atoms with van der Waals surface area (Å²) in [7, 11) is 3.96. The van der Waals surface area contributed by atoms with E-state index in [1.54, 1.807) is 6.08 Å². The van der Waals surface area contributed by atoms with Gasteiger partial charge in [-0.25, -0.2) is 9.97 Å². The van der Waals surface area contributed by atoms with E-state index in [2.05, 4.69) is 25.5 Å². The summed E-state index contributed by atoms with van der Waals surface area (Å²) in [5.74, 6) is 2.10. The molecule has 0 spiro atoms. The fourth-order valence-electron chi connectivity index (χ4n) is 3.24. The van der Waals surface area contributed by atoms with Crippen molar-refractivity contribution in [2.75, 3.05) is 32.5 Å². The van der Waals surface area contributed by atoms with Gasteiger partial charge in [-0.2, -0.15) is 5.10 Å². The van der Waals surface area contributed by atoms with Crippen LogP contribution in [0.25, 0.3) is 0 Å². The van der Waals surface area contributed by atoms with Crippen molar-refractivity contribution in [1.82, 2.24) is 30.0 Å². The van der Waals surface area contributed by atoms with Gasteiger partial charge in [-0.15, -0.1) is 0 Å². The monoisotopic (exact) mass is 369 g/mol. The summed E-state index contributed by atoms with van der Waals surface area (Å²) in [4.78, 5) is 25.6. The van der Waals surface area contributed by atoms with E-state index >= 15 is 0 Å². The molecule has 8 nitrogen and oxygen atoms in total. The van der Waals surface area contributed by atoms with Crippen LogP contribution in [0.1, 0.15) is 36.1 Å². The van der Waals surface area contributed by atoms with E-state index in [1.807, 2.05) is 56.0 Å². The summed E-state index contributed by atoms with van der Waals surface area (Å²) in [5.41, 5.74) is 1.84. The molecule has 0 aromatic carbocycles. The second-order valence-corrected chi connectivity index (χ2v) is 7.14. The molecule has 0 aliphatic carbocycles. The number of aromatic amines is 1. The third kappa shape index (κ3) is 4.91. The van der Waals surface area contributed by atoms with Gasteiger partial charge in [0.15, 0.2) is 5.82 Å². The maximum absolute atomic E-state index is 12.6. The smallest absolute Gasteiger partial charge is 0.246 e. The topological polar surface area (TPSA) is 90.0 Å². The summed E-state index contributed by atoms with van der Waals surface area (Å²) in [6.45, 7) is 5.30. The van der Waals surface area contributed by atoms with Crippen molar-refractivity contribution in [2.24, 2.45) is 0 Å². The van der Waals surface area contributed by atoms with Gasteiger partial charge in [-0.05, 0) is 40.8 Å². The van der Waals surface area contributed by atoms with E-state index in [4.69, 9.17) is 0 Å². The third-order valence-corrected chi connectivity index (χ3v) is 4.43.